The number of piperazine rings is 1. The number of carbonyl (C=O) groups excluding carboxylic acids is 2. The number of carbonyl (C=O) groups is 2. The molecule has 1 aromatic heterocycles. The van der Waals surface area contributed by atoms with Crippen LogP contribution in [0.1, 0.15) is 66.2 Å². The van der Waals surface area contributed by atoms with Crippen LogP contribution in [0.25, 0.3) is 0 Å². The van der Waals surface area contributed by atoms with E-state index in [1.165, 1.54) is 5.57 Å². The summed E-state index contributed by atoms with van der Waals surface area (Å²) < 4.78 is 0. The molecular formula is C33H48N6O3. The summed E-state index contributed by atoms with van der Waals surface area (Å²) >= 11 is 0. The van der Waals surface area contributed by atoms with Crippen LogP contribution >= 0.6 is 0 Å². The highest BCUT2D eigenvalue weighted by Gasteiger charge is 2.58. The molecule has 0 bridgehead atoms. The van der Waals surface area contributed by atoms with Crippen LogP contribution in [0.2, 0.25) is 0 Å². The Balaban J connectivity index is 1.11. The Morgan fingerprint density at radius 1 is 1.12 bits per heavy atom. The number of Topliss-reactive ketones (excluding diaryl/α,β-unsaturated/α-hetero) is 1. The van der Waals surface area contributed by atoms with Crippen LogP contribution in [0.15, 0.2) is 29.4 Å². The number of nitrogens with two attached hydrogens (primary N) is 1. The van der Waals surface area contributed by atoms with Crippen molar-refractivity contribution < 1.29 is 14.7 Å². The Bertz CT molecular complexity index is 1300. The highest BCUT2D eigenvalue weighted by Crippen LogP contribution is 2.64. The number of rotatable bonds is 7. The van der Waals surface area contributed by atoms with Crippen LogP contribution < -0.4 is 15.5 Å². The van der Waals surface area contributed by atoms with Gasteiger partial charge in [0.05, 0.1) is 12.6 Å². The zero-order chi connectivity index (χ0) is 29.8. The number of anilines is 3. The van der Waals surface area contributed by atoms with E-state index in [0.29, 0.717) is 30.1 Å². The number of hydrogen-bond acceptors (Lipinski definition) is 9. The first-order chi connectivity index (χ1) is 20.1. The van der Waals surface area contributed by atoms with Gasteiger partial charge in [0.25, 0.3) is 0 Å². The molecule has 1 aliphatic heterocycles. The fourth-order valence-electron chi connectivity index (χ4n) is 9.21. The maximum Gasteiger partial charge on any atom is 0.223 e. The van der Waals surface area contributed by atoms with Gasteiger partial charge in [-0.3, -0.25) is 14.5 Å². The summed E-state index contributed by atoms with van der Waals surface area (Å²) in [4.78, 5) is 41.8. The molecule has 0 radical (unpaired) electrons. The lowest BCUT2D eigenvalue weighted by atomic mass is 9.50. The van der Waals surface area contributed by atoms with Gasteiger partial charge < -0.3 is 20.6 Å². The molecule has 9 heteroatoms. The van der Waals surface area contributed by atoms with Crippen molar-refractivity contribution in [2.24, 2.45) is 28.6 Å². The smallest absolute Gasteiger partial charge is 0.223 e. The summed E-state index contributed by atoms with van der Waals surface area (Å²) in [5, 5.41) is 11.1. The number of nitrogens with zero attached hydrogens (tertiary/aromatic N) is 5. The van der Waals surface area contributed by atoms with Gasteiger partial charge in [-0.2, -0.15) is 9.97 Å². The summed E-state index contributed by atoms with van der Waals surface area (Å²) in [7, 11) is 0. The Kier molecular flexibility index (Phi) is 7.71. The third-order valence-electron chi connectivity index (χ3n) is 11.7. The first-order valence-corrected chi connectivity index (χ1v) is 16.1. The molecule has 1 unspecified atom stereocenters. The molecule has 0 aromatic carbocycles. The zero-order valence-electron chi connectivity index (χ0n) is 25.8. The summed E-state index contributed by atoms with van der Waals surface area (Å²) in [6.45, 7) is 14.2. The highest BCUT2D eigenvalue weighted by atomic mass is 16.3. The molecule has 6 rings (SSSR count). The van der Waals surface area contributed by atoms with E-state index >= 15 is 0 Å². The molecule has 1 aromatic rings. The third-order valence-corrected chi connectivity index (χ3v) is 11.7. The van der Waals surface area contributed by atoms with Gasteiger partial charge >= 0.3 is 0 Å². The van der Waals surface area contributed by atoms with Crippen molar-refractivity contribution in [3.05, 3.63) is 29.4 Å². The SMILES string of the molecule is CCN(CC)c1cc(N2CCN(CC(=O)[C@H]3CC[C@H]4[C@@H]5CCC6=CC(=O)CC(O)[C@]6(C)C5=CC[C@]34C)CC2)nc(N)n1. The van der Waals surface area contributed by atoms with Gasteiger partial charge in [-0.05, 0) is 76.2 Å². The second-order valence-corrected chi connectivity index (χ2v) is 13.7. The molecule has 9 nitrogen and oxygen atoms in total. The lowest BCUT2D eigenvalue weighted by molar-refractivity contribution is -0.128. The van der Waals surface area contributed by atoms with Gasteiger partial charge in [0, 0.05) is 63.1 Å². The van der Waals surface area contributed by atoms with E-state index in [1.54, 1.807) is 0 Å². The van der Waals surface area contributed by atoms with Crippen LogP contribution in [-0.2, 0) is 9.59 Å². The molecule has 0 amide bonds. The van der Waals surface area contributed by atoms with Crippen molar-refractivity contribution in [1.82, 2.24) is 14.9 Å². The standard InChI is InChI=1S/C33H48N6O3/c1-5-38(6-2)29-19-30(36-31(34)35-29)39-15-13-37(14-16-39)20-27(41)26-10-9-24-23-8-7-21-17-22(40)18-28(42)33(21,4)25(23)11-12-32(24,26)3/h11,17,19,23-24,26,28,42H,5-10,12-16,18,20H2,1-4H3,(H2,34,35,36)/t23-,24-,26+,28?,32-,33-/m0/s1. The predicted molar refractivity (Wildman–Crippen MR) is 165 cm³/mol. The minimum absolute atomic E-state index is 0.0423. The first-order valence-electron chi connectivity index (χ1n) is 16.1. The van der Waals surface area contributed by atoms with Crippen LogP contribution in [0.4, 0.5) is 17.6 Å². The van der Waals surface area contributed by atoms with Crippen molar-refractivity contribution in [3.63, 3.8) is 0 Å². The maximum absolute atomic E-state index is 13.9. The van der Waals surface area contributed by atoms with Crippen molar-refractivity contribution in [1.29, 1.82) is 0 Å². The van der Waals surface area contributed by atoms with E-state index in [-0.39, 0.29) is 23.5 Å². The number of nitrogen functional groups attached to an aromatic ring is 1. The van der Waals surface area contributed by atoms with Gasteiger partial charge in [0.1, 0.15) is 17.4 Å². The number of aliphatic hydroxyl groups is 1. The number of ketones is 2. The molecule has 6 atom stereocenters. The van der Waals surface area contributed by atoms with Crippen LogP contribution in [-0.4, -0.2) is 83.5 Å². The largest absolute Gasteiger partial charge is 0.391 e. The van der Waals surface area contributed by atoms with E-state index in [1.807, 2.05) is 12.1 Å². The third kappa shape index (κ3) is 4.77. The van der Waals surface area contributed by atoms with Crippen LogP contribution in [0, 0.1) is 28.6 Å². The molecule has 2 heterocycles. The molecule has 228 valence electrons. The first kappa shape index (κ1) is 29.3. The summed E-state index contributed by atoms with van der Waals surface area (Å²) in [5.41, 5.74) is 8.04. The second-order valence-electron chi connectivity index (χ2n) is 13.7. The second kappa shape index (κ2) is 11.1. The fourth-order valence-corrected chi connectivity index (χ4v) is 9.21. The number of allylic oxidation sites excluding steroid dienone is 2. The van der Waals surface area contributed by atoms with Crippen molar-refractivity contribution in [2.45, 2.75) is 72.3 Å². The topological polar surface area (TPSA) is 116 Å². The molecule has 1 saturated heterocycles. The predicted octanol–water partition coefficient (Wildman–Crippen LogP) is 3.64. The Labute approximate surface area is 250 Å². The van der Waals surface area contributed by atoms with Gasteiger partial charge in [-0.15, -0.1) is 0 Å². The van der Waals surface area contributed by atoms with Gasteiger partial charge in [0.15, 0.2) is 5.78 Å². The minimum atomic E-state index is -0.650. The molecule has 5 aliphatic rings. The van der Waals surface area contributed by atoms with E-state index in [4.69, 9.17) is 5.73 Å². The summed E-state index contributed by atoms with van der Waals surface area (Å²) in [5.74, 6) is 3.35. The van der Waals surface area contributed by atoms with Crippen LogP contribution in [0.5, 0.6) is 0 Å². The number of aliphatic hydroxyl groups excluding tert-OH is 1. The maximum atomic E-state index is 13.9. The molecule has 3 fully saturated rings. The van der Waals surface area contributed by atoms with E-state index in [9.17, 15) is 14.7 Å². The molecule has 0 spiro atoms. The van der Waals surface area contributed by atoms with Crippen molar-refractivity contribution in [3.8, 4) is 0 Å². The van der Waals surface area contributed by atoms with Gasteiger partial charge in [0.2, 0.25) is 5.95 Å². The number of fused-ring (bicyclic) bond motifs is 5. The normalized spacial score (nSPS) is 34.7. The Hall–Kier alpha value is -2.78. The summed E-state index contributed by atoms with van der Waals surface area (Å²) in [6, 6.07) is 2.03. The fraction of sp³-hybridized carbons (Fsp3) is 0.697. The Morgan fingerprint density at radius 2 is 1.86 bits per heavy atom. The monoisotopic (exact) mass is 576 g/mol. The lowest BCUT2D eigenvalue weighted by Gasteiger charge is -2.54. The summed E-state index contributed by atoms with van der Waals surface area (Å²) in [6.07, 6.45) is 8.50. The molecule has 42 heavy (non-hydrogen) atoms. The average Bonchev–Trinajstić information content (AvgIpc) is 3.32. The number of aromatic nitrogens is 2. The minimum Gasteiger partial charge on any atom is -0.391 e. The zero-order valence-corrected chi connectivity index (χ0v) is 25.8. The van der Waals surface area contributed by atoms with Gasteiger partial charge in [-0.1, -0.05) is 24.1 Å². The van der Waals surface area contributed by atoms with E-state index in [2.05, 4.69) is 58.4 Å². The van der Waals surface area contributed by atoms with E-state index in [0.717, 1.165) is 88.6 Å². The lowest BCUT2D eigenvalue weighted by Crippen LogP contribution is -2.51. The number of hydrogen-bond donors (Lipinski definition) is 2. The van der Waals surface area contributed by atoms with Crippen LogP contribution in [0.3, 0.4) is 0 Å². The quantitative estimate of drug-likeness (QED) is 0.470. The average molecular weight is 577 g/mol. The highest BCUT2D eigenvalue weighted by molar-refractivity contribution is 5.92. The van der Waals surface area contributed by atoms with Crippen molar-refractivity contribution in [2.75, 3.05) is 61.3 Å². The molecule has 3 N–H and O–H groups in total. The van der Waals surface area contributed by atoms with Crippen molar-refractivity contribution >= 4 is 29.2 Å². The molecule has 2 saturated carbocycles. The molecule has 4 aliphatic carbocycles. The van der Waals surface area contributed by atoms with Gasteiger partial charge in [-0.25, -0.2) is 0 Å². The molecular weight excluding hydrogens is 528 g/mol. The van der Waals surface area contributed by atoms with E-state index < -0.39 is 11.5 Å². The Morgan fingerprint density at radius 3 is 2.57 bits per heavy atom.